The summed E-state index contributed by atoms with van der Waals surface area (Å²) in [4.78, 5) is 11.3. The summed E-state index contributed by atoms with van der Waals surface area (Å²) in [5, 5.41) is 2.75. The van der Waals surface area contributed by atoms with Crippen LogP contribution in [-0.2, 0) is 9.84 Å². The number of thioether (sulfide) groups is 1. The first-order valence-corrected chi connectivity index (χ1v) is 8.45. The van der Waals surface area contributed by atoms with Gasteiger partial charge in [-0.3, -0.25) is 4.79 Å². The monoisotopic (exact) mass is 265 g/mol. The second kappa shape index (κ2) is 6.49. The van der Waals surface area contributed by atoms with Gasteiger partial charge in [-0.1, -0.05) is 25.1 Å². The molecule has 0 aliphatic carbocycles. The summed E-state index contributed by atoms with van der Waals surface area (Å²) in [6.45, 7) is 2.58. The van der Waals surface area contributed by atoms with Crippen LogP contribution in [0.5, 0.6) is 0 Å². The van der Waals surface area contributed by atoms with Gasteiger partial charge in [0.1, 0.15) is 0 Å². The van der Waals surface area contributed by atoms with Gasteiger partial charge >= 0.3 is 0 Å². The van der Waals surface area contributed by atoms with E-state index in [1.165, 1.54) is 11.8 Å². The first kappa shape index (κ1) is 13.8. The lowest BCUT2D eigenvalue weighted by Gasteiger charge is -2.08. The van der Waals surface area contributed by atoms with Crippen LogP contribution in [0.2, 0.25) is 0 Å². The second-order valence-corrected chi connectivity index (χ2v) is 7.44. The van der Waals surface area contributed by atoms with E-state index in [2.05, 4.69) is 12.2 Å². The van der Waals surface area contributed by atoms with E-state index in [0.717, 1.165) is 18.6 Å². The Bertz CT molecular complexity index is 327. The molecule has 0 spiro atoms. The van der Waals surface area contributed by atoms with Crippen LogP contribution < -0.4 is 5.32 Å². The number of hydrogen-bond acceptors (Lipinski definition) is 4. The lowest BCUT2D eigenvalue weighted by atomic mass is 10.1. The highest BCUT2D eigenvalue weighted by Gasteiger charge is 2.27. The molecule has 1 amide bonds. The van der Waals surface area contributed by atoms with Crippen LogP contribution in [0.1, 0.15) is 26.2 Å². The summed E-state index contributed by atoms with van der Waals surface area (Å²) in [5.74, 6) is 1.45. The summed E-state index contributed by atoms with van der Waals surface area (Å²) in [6.07, 6.45) is 2.80. The highest BCUT2D eigenvalue weighted by Crippen LogP contribution is 2.17. The molecule has 0 aromatic heterocycles. The molecule has 1 aliphatic rings. The summed E-state index contributed by atoms with van der Waals surface area (Å²) >= 11 is 1.28. The zero-order valence-electron chi connectivity index (χ0n) is 9.57. The lowest BCUT2D eigenvalue weighted by Crippen LogP contribution is -2.27. The molecule has 0 aromatic carbocycles. The normalized spacial score (nSPS) is 23.2. The van der Waals surface area contributed by atoms with E-state index in [-0.39, 0.29) is 22.7 Å². The molecular formula is C10H19NO3S2. The number of amides is 1. The van der Waals surface area contributed by atoms with Crippen LogP contribution in [0.4, 0.5) is 4.79 Å². The van der Waals surface area contributed by atoms with Crippen LogP contribution in [0.25, 0.3) is 0 Å². The lowest BCUT2D eigenvalue weighted by molar-refractivity contribution is 0.259. The first-order valence-electron chi connectivity index (χ1n) is 5.64. The standard InChI is InChI=1S/C10H19NO3S2/c1-2-3-5-15-10(12)11-7-9-4-6-16(13,14)8-9/h9H,2-8H2,1H3,(H,11,12)/t9-/m0/s1. The van der Waals surface area contributed by atoms with Crippen molar-refractivity contribution in [2.24, 2.45) is 5.92 Å². The fourth-order valence-electron chi connectivity index (χ4n) is 1.62. The Hall–Kier alpha value is -0.230. The quantitative estimate of drug-likeness (QED) is 0.768. The molecule has 1 rings (SSSR count). The van der Waals surface area contributed by atoms with E-state index in [0.29, 0.717) is 13.0 Å². The maximum absolute atomic E-state index is 11.3. The fourth-order valence-corrected chi connectivity index (χ4v) is 4.29. The average Bonchev–Trinajstić information content (AvgIpc) is 2.56. The fraction of sp³-hybridized carbons (Fsp3) is 0.900. The predicted octanol–water partition coefficient (Wildman–Crippen LogP) is 1.66. The number of carbonyl (C=O) groups excluding carboxylic acids is 1. The maximum atomic E-state index is 11.3. The number of sulfone groups is 1. The molecule has 94 valence electrons. The summed E-state index contributed by atoms with van der Waals surface area (Å²) < 4.78 is 22.4. The maximum Gasteiger partial charge on any atom is 0.279 e. The topological polar surface area (TPSA) is 63.2 Å². The van der Waals surface area contributed by atoms with Crippen LogP contribution in [-0.4, -0.2) is 37.5 Å². The summed E-state index contributed by atoms with van der Waals surface area (Å²) in [6, 6.07) is 0. The van der Waals surface area contributed by atoms with E-state index in [9.17, 15) is 13.2 Å². The third-order valence-electron chi connectivity index (χ3n) is 2.59. The predicted molar refractivity (Wildman–Crippen MR) is 67.5 cm³/mol. The van der Waals surface area contributed by atoms with Crippen molar-refractivity contribution in [2.45, 2.75) is 26.2 Å². The van der Waals surface area contributed by atoms with Crippen LogP contribution in [0, 0.1) is 5.92 Å². The van der Waals surface area contributed by atoms with E-state index in [4.69, 9.17) is 0 Å². The van der Waals surface area contributed by atoms with Crippen LogP contribution in [0.3, 0.4) is 0 Å². The zero-order valence-corrected chi connectivity index (χ0v) is 11.2. The van der Waals surface area contributed by atoms with Crippen molar-refractivity contribution in [1.82, 2.24) is 5.32 Å². The summed E-state index contributed by atoms with van der Waals surface area (Å²) in [5.41, 5.74) is 0. The second-order valence-electron chi connectivity index (χ2n) is 4.14. The molecule has 0 bridgehead atoms. The molecule has 6 heteroatoms. The number of hydrogen-bond donors (Lipinski definition) is 1. The smallest absolute Gasteiger partial charge is 0.279 e. The Balaban J connectivity index is 2.13. The van der Waals surface area contributed by atoms with Gasteiger partial charge in [0.25, 0.3) is 5.24 Å². The molecule has 0 aromatic rings. The van der Waals surface area contributed by atoms with E-state index >= 15 is 0 Å². The average molecular weight is 265 g/mol. The Morgan fingerprint density at radius 3 is 2.81 bits per heavy atom. The largest absolute Gasteiger partial charge is 0.347 e. The van der Waals surface area contributed by atoms with Crippen LogP contribution in [0.15, 0.2) is 0 Å². The molecule has 1 fully saturated rings. The van der Waals surface area contributed by atoms with Gasteiger partial charge in [0.05, 0.1) is 11.5 Å². The molecule has 1 atom stereocenters. The van der Waals surface area contributed by atoms with Crippen molar-refractivity contribution in [3.05, 3.63) is 0 Å². The van der Waals surface area contributed by atoms with Crippen molar-refractivity contribution in [1.29, 1.82) is 0 Å². The number of carbonyl (C=O) groups is 1. The van der Waals surface area contributed by atoms with Gasteiger partial charge in [-0.15, -0.1) is 0 Å². The third-order valence-corrected chi connectivity index (χ3v) is 5.33. The first-order chi connectivity index (χ1) is 7.53. The van der Waals surface area contributed by atoms with Gasteiger partial charge in [-0.2, -0.15) is 0 Å². The molecular weight excluding hydrogens is 246 g/mol. The molecule has 0 unspecified atom stereocenters. The van der Waals surface area contributed by atoms with E-state index in [1.54, 1.807) is 0 Å². The van der Waals surface area contributed by atoms with Gasteiger partial charge in [0, 0.05) is 12.3 Å². The zero-order chi connectivity index (χ0) is 12.0. The minimum absolute atomic E-state index is 0.0299. The number of nitrogens with one attached hydrogen (secondary N) is 1. The number of unbranched alkanes of at least 4 members (excludes halogenated alkanes) is 1. The Morgan fingerprint density at radius 2 is 2.25 bits per heavy atom. The highest BCUT2D eigenvalue weighted by molar-refractivity contribution is 8.13. The van der Waals surface area contributed by atoms with Crippen molar-refractivity contribution >= 4 is 26.8 Å². The molecule has 0 radical (unpaired) electrons. The minimum Gasteiger partial charge on any atom is -0.347 e. The van der Waals surface area contributed by atoms with Crippen molar-refractivity contribution in [3.63, 3.8) is 0 Å². The van der Waals surface area contributed by atoms with Gasteiger partial charge in [-0.05, 0) is 18.8 Å². The Kier molecular flexibility index (Phi) is 5.61. The SMILES string of the molecule is CCCCSC(=O)NC[C@@H]1CCS(=O)(=O)C1. The Morgan fingerprint density at radius 1 is 1.50 bits per heavy atom. The van der Waals surface area contributed by atoms with Crippen molar-refractivity contribution in [3.8, 4) is 0 Å². The van der Waals surface area contributed by atoms with Crippen LogP contribution >= 0.6 is 11.8 Å². The molecule has 1 saturated heterocycles. The molecule has 16 heavy (non-hydrogen) atoms. The third kappa shape index (κ3) is 5.21. The molecule has 1 heterocycles. The highest BCUT2D eigenvalue weighted by atomic mass is 32.2. The van der Waals surface area contributed by atoms with Gasteiger partial charge in [-0.25, -0.2) is 8.42 Å². The van der Waals surface area contributed by atoms with Crippen molar-refractivity contribution in [2.75, 3.05) is 23.8 Å². The summed E-state index contributed by atoms with van der Waals surface area (Å²) in [7, 11) is -2.82. The van der Waals surface area contributed by atoms with Gasteiger partial charge in [0.15, 0.2) is 9.84 Å². The van der Waals surface area contributed by atoms with Gasteiger partial charge < -0.3 is 5.32 Å². The molecule has 1 aliphatic heterocycles. The Labute approximate surface area is 101 Å². The van der Waals surface area contributed by atoms with Gasteiger partial charge in [0.2, 0.25) is 0 Å². The molecule has 1 N–H and O–H groups in total. The molecule has 4 nitrogen and oxygen atoms in total. The van der Waals surface area contributed by atoms with E-state index < -0.39 is 9.84 Å². The van der Waals surface area contributed by atoms with Crippen molar-refractivity contribution < 1.29 is 13.2 Å². The number of rotatable bonds is 5. The van der Waals surface area contributed by atoms with E-state index in [1.807, 2.05) is 0 Å². The minimum atomic E-state index is -2.82. The molecule has 0 saturated carbocycles.